The third kappa shape index (κ3) is 4.41. The second-order valence-electron chi connectivity index (χ2n) is 8.96. The third-order valence-electron chi connectivity index (χ3n) is 6.71. The zero-order valence-electron chi connectivity index (χ0n) is 19.3. The first kappa shape index (κ1) is 23.8. The van der Waals surface area contributed by atoms with Gasteiger partial charge in [0, 0.05) is 24.7 Å². The molecule has 35 heavy (non-hydrogen) atoms. The molecule has 12 heteroatoms. The van der Waals surface area contributed by atoms with Gasteiger partial charge in [-0.2, -0.15) is 4.37 Å². The van der Waals surface area contributed by atoms with Gasteiger partial charge in [-0.25, -0.2) is 32.3 Å². The second kappa shape index (κ2) is 8.92. The van der Waals surface area contributed by atoms with Gasteiger partial charge in [0.05, 0.1) is 5.41 Å². The van der Waals surface area contributed by atoms with Crippen LogP contribution in [0.3, 0.4) is 0 Å². The SMILES string of the molecule is CNS(=O)(=O)c1ccc(C2CC2)nc1NC(=O)N1CCC(c2ccc(C)c(F)c2)(c2ncns2)C1. The van der Waals surface area contributed by atoms with Crippen molar-refractivity contribution in [2.45, 2.75) is 42.4 Å². The molecule has 1 aromatic carbocycles. The van der Waals surface area contributed by atoms with Gasteiger partial charge >= 0.3 is 6.03 Å². The highest BCUT2D eigenvalue weighted by Gasteiger charge is 2.45. The highest BCUT2D eigenvalue weighted by molar-refractivity contribution is 7.89. The fourth-order valence-corrected chi connectivity index (χ4v) is 6.02. The summed E-state index contributed by atoms with van der Waals surface area (Å²) in [4.78, 5) is 23.7. The van der Waals surface area contributed by atoms with Gasteiger partial charge in [0.25, 0.3) is 0 Å². The topological polar surface area (TPSA) is 117 Å². The Morgan fingerprint density at radius 2 is 2.06 bits per heavy atom. The Hall–Kier alpha value is -2.96. The predicted octanol–water partition coefficient (Wildman–Crippen LogP) is 3.39. The number of hydrogen-bond acceptors (Lipinski definition) is 7. The van der Waals surface area contributed by atoms with Crippen molar-refractivity contribution in [2.24, 2.45) is 0 Å². The molecule has 2 aliphatic rings. The maximum atomic E-state index is 14.5. The third-order valence-corrected chi connectivity index (χ3v) is 9.03. The van der Waals surface area contributed by atoms with E-state index in [-0.39, 0.29) is 29.0 Å². The molecule has 0 bridgehead atoms. The van der Waals surface area contributed by atoms with Crippen LogP contribution in [0.1, 0.15) is 47.0 Å². The smallest absolute Gasteiger partial charge is 0.323 e. The van der Waals surface area contributed by atoms with Crippen molar-refractivity contribution >= 4 is 33.4 Å². The Labute approximate surface area is 207 Å². The van der Waals surface area contributed by atoms with Crippen LogP contribution in [0.2, 0.25) is 0 Å². The molecule has 2 amide bonds. The van der Waals surface area contributed by atoms with E-state index in [1.165, 1.54) is 37.0 Å². The van der Waals surface area contributed by atoms with Crippen LogP contribution in [0.25, 0.3) is 0 Å². The average Bonchev–Trinajstić information content (AvgIpc) is 3.35. The lowest BCUT2D eigenvalue weighted by atomic mass is 9.80. The molecular weight excluding hydrogens is 491 g/mol. The Morgan fingerprint density at radius 1 is 1.26 bits per heavy atom. The van der Waals surface area contributed by atoms with Crippen LogP contribution in [0.15, 0.2) is 41.6 Å². The second-order valence-corrected chi connectivity index (χ2v) is 11.6. The number of amides is 2. The summed E-state index contributed by atoms with van der Waals surface area (Å²) in [6, 6.07) is 7.78. The number of nitrogens with one attached hydrogen (secondary N) is 2. The van der Waals surface area contributed by atoms with E-state index in [2.05, 4.69) is 24.4 Å². The number of halogens is 1. The summed E-state index contributed by atoms with van der Waals surface area (Å²) >= 11 is 1.22. The van der Waals surface area contributed by atoms with Gasteiger partial charge in [-0.15, -0.1) is 0 Å². The van der Waals surface area contributed by atoms with Crippen LogP contribution < -0.4 is 10.0 Å². The lowest BCUT2D eigenvalue weighted by molar-refractivity contribution is 0.220. The Bertz CT molecular complexity index is 1380. The van der Waals surface area contributed by atoms with Gasteiger partial charge in [0.1, 0.15) is 22.0 Å². The summed E-state index contributed by atoms with van der Waals surface area (Å²) in [5, 5.41) is 3.42. The number of urea groups is 1. The van der Waals surface area contributed by atoms with Gasteiger partial charge in [-0.3, -0.25) is 5.32 Å². The summed E-state index contributed by atoms with van der Waals surface area (Å²) in [6.45, 7) is 2.31. The summed E-state index contributed by atoms with van der Waals surface area (Å²) in [6.07, 6.45) is 3.96. The molecule has 5 rings (SSSR count). The number of aryl methyl sites for hydroxylation is 1. The molecule has 1 aliphatic carbocycles. The molecule has 3 aromatic rings. The molecule has 1 saturated heterocycles. The molecule has 1 saturated carbocycles. The largest absolute Gasteiger partial charge is 0.323 e. The summed E-state index contributed by atoms with van der Waals surface area (Å²) < 4.78 is 46.0. The molecule has 9 nitrogen and oxygen atoms in total. The van der Waals surface area contributed by atoms with Crippen molar-refractivity contribution in [1.82, 2.24) is 24.0 Å². The predicted molar refractivity (Wildman–Crippen MR) is 129 cm³/mol. The Balaban J connectivity index is 1.46. The number of benzene rings is 1. The molecule has 0 radical (unpaired) electrons. The van der Waals surface area contributed by atoms with Gasteiger partial charge in [-0.05, 0) is 74.1 Å². The molecule has 0 spiro atoms. The number of sulfonamides is 1. The van der Waals surface area contributed by atoms with E-state index in [1.807, 2.05) is 6.07 Å². The van der Waals surface area contributed by atoms with E-state index < -0.39 is 21.5 Å². The van der Waals surface area contributed by atoms with Gasteiger partial charge < -0.3 is 4.90 Å². The number of carbonyl (C=O) groups excluding carboxylic acids is 1. The van der Waals surface area contributed by atoms with E-state index in [1.54, 1.807) is 24.0 Å². The van der Waals surface area contributed by atoms with Gasteiger partial charge in [0.2, 0.25) is 10.0 Å². The molecule has 1 atom stereocenters. The lowest BCUT2D eigenvalue weighted by Crippen LogP contribution is -2.38. The fraction of sp³-hybridized carbons (Fsp3) is 0.391. The van der Waals surface area contributed by atoms with Gasteiger partial charge in [0.15, 0.2) is 5.82 Å². The number of anilines is 1. The minimum absolute atomic E-state index is 0.00328. The van der Waals surface area contributed by atoms with Crippen LogP contribution in [-0.4, -0.2) is 53.8 Å². The Kier molecular flexibility index (Phi) is 6.06. The minimum Gasteiger partial charge on any atom is -0.323 e. The van der Waals surface area contributed by atoms with Crippen molar-refractivity contribution in [3.63, 3.8) is 0 Å². The standard InChI is InChI=1S/C23H25FN6O3S2/c1-14-3-6-16(11-17(14)24)23(21-26-13-27-34-21)9-10-30(12-23)22(31)29-20-19(35(32,33)25-2)8-7-18(28-20)15-4-5-15/h3,6-8,11,13,15,25H,4-5,9-10,12H2,1-2H3,(H,28,29,31). The molecule has 2 fully saturated rings. The monoisotopic (exact) mass is 516 g/mol. The molecule has 2 N–H and O–H groups in total. The van der Waals surface area contributed by atoms with E-state index in [0.29, 0.717) is 23.5 Å². The van der Waals surface area contributed by atoms with Crippen molar-refractivity contribution in [1.29, 1.82) is 0 Å². The van der Waals surface area contributed by atoms with Crippen LogP contribution in [0.5, 0.6) is 0 Å². The van der Waals surface area contributed by atoms with Crippen molar-refractivity contribution in [2.75, 3.05) is 25.5 Å². The quantitative estimate of drug-likeness (QED) is 0.519. The van der Waals surface area contributed by atoms with Crippen molar-refractivity contribution < 1.29 is 17.6 Å². The average molecular weight is 517 g/mol. The number of nitrogens with zero attached hydrogens (tertiary/aromatic N) is 4. The van der Waals surface area contributed by atoms with Crippen LogP contribution in [-0.2, 0) is 15.4 Å². The highest BCUT2D eigenvalue weighted by atomic mass is 32.2. The number of carbonyl (C=O) groups is 1. The van der Waals surface area contributed by atoms with Crippen LogP contribution in [0.4, 0.5) is 15.0 Å². The summed E-state index contributed by atoms with van der Waals surface area (Å²) in [5.41, 5.74) is 1.31. The lowest BCUT2D eigenvalue weighted by Gasteiger charge is -2.28. The molecule has 1 aliphatic heterocycles. The molecule has 2 aromatic heterocycles. The van der Waals surface area contributed by atoms with E-state index in [4.69, 9.17) is 0 Å². The number of hydrogen-bond donors (Lipinski definition) is 2. The first-order valence-electron chi connectivity index (χ1n) is 11.3. The van der Waals surface area contributed by atoms with E-state index in [0.717, 1.165) is 24.1 Å². The van der Waals surface area contributed by atoms with Crippen molar-refractivity contribution in [3.05, 3.63) is 64.3 Å². The molecule has 1 unspecified atom stereocenters. The number of aromatic nitrogens is 3. The maximum Gasteiger partial charge on any atom is 0.323 e. The fourth-order valence-electron chi connectivity index (χ4n) is 4.46. The molecular formula is C23H25FN6O3S2. The number of likely N-dealkylation sites (tertiary alicyclic amines) is 1. The molecule has 3 heterocycles. The minimum atomic E-state index is -3.83. The zero-order chi connectivity index (χ0) is 24.8. The van der Waals surface area contributed by atoms with E-state index >= 15 is 0 Å². The first-order chi connectivity index (χ1) is 16.7. The number of rotatable bonds is 6. The first-order valence-corrected chi connectivity index (χ1v) is 13.5. The zero-order valence-corrected chi connectivity index (χ0v) is 20.9. The maximum absolute atomic E-state index is 14.5. The number of pyridine rings is 1. The highest BCUT2D eigenvalue weighted by Crippen LogP contribution is 2.42. The molecule has 184 valence electrons. The van der Waals surface area contributed by atoms with E-state index in [9.17, 15) is 17.6 Å². The van der Waals surface area contributed by atoms with Crippen LogP contribution >= 0.6 is 11.5 Å². The Morgan fingerprint density at radius 3 is 2.71 bits per heavy atom. The normalized spacial score (nSPS) is 20.3. The van der Waals surface area contributed by atoms with Crippen molar-refractivity contribution in [3.8, 4) is 0 Å². The van der Waals surface area contributed by atoms with Crippen LogP contribution in [0, 0.1) is 12.7 Å². The summed E-state index contributed by atoms with van der Waals surface area (Å²) in [7, 11) is -2.52. The summed E-state index contributed by atoms with van der Waals surface area (Å²) in [5.74, 6) is -0.0360. The van der Waals surface area contributed by atoms with Gasteiger partial charge in [-0.1, -0.05) is 12.1 Å².